The standard InChI is InChI=1S/C23H24N2O/c1-15(16-8-3-2-4-9-16)25-23-20-14-17-10-5-6-11-18(17)24(20)19-12-7-13-21(26-25)22(19)23/h2-6,8-11,14-15,19,21-23H,7,12-13H2,1H3/t15-,19+,21-,22+,23+/m1/s1. The molecule has 3 aliphatic rings. The van der Waals surface area contributed by atoms with Crippen molar-refractivity contribution in [3.8, 4) is 0 Å². The lowest BCUT2D eigenvalue weighted by Gasteiger charge is -2.30. The number of hydrogen-bond acceptors (Lipinski definition) is 2. The van der Waals surface area contributed by atoms with Gasteiger partial charge in [-0.15, -0.1) is 0 Å². The Bertz CT molecular complexity index is 963. The molecule has 1 aromatic heterocycles. The molecule has 2 aromatic carbocycles. The summed E-state index contributed by atoms with van der Waals surface area (Å²) < 4.78 is 2.64. The molecule has 0 N–H and O–H groups in total. The molecule has 3 nitrogen and oxygen atoms in total. The van der Waals surface area contributed by atoms with Gasteiger partial charge in [-0.25, -0.2) is 0 Å². The van der Waals surface area contributed by atoms with Gasteiger partial charge in [-0.1, -0.05) is 48.5 Å². The molecule has 3 heterocycles. The van der Waals surface area contributed by atoms with Crippen molar-refractivity contribution in [1.82, 2.24) is 9.63 Å². The maximum atomic E-state index is 6.59. The second kappa shape index (κ2) is 5.45. The fourth-order valence-corrected chi connectivity index (χ4v) is 5.72. The summed E-state index contributed by atoms with van der Waals surface area (Å²) in [5.41, 5.74) is 4.18. The number of fused-ring (bicyclic) bond motifs is 5. The zero-order valence-corrected chi connectivity index (χ0v) is 15.1. The summed E-state index contributed by atoms with van der Waals surface area (Å²) in [4.78, 5) is 6.59. The molecule has 0 unspecified atom stereocenters. The molecule has 2 aliphatic heterocycles. The van der Waals surface area contributed by atoms with Crippen LogP contribution in [0.1, 0.15) is 55.6 Å². The van der Waals surface area contributed by atoms with Gasteiger partial charge in [0.25, 0.3) is 0 Å². The zero-order chi connectivity index (χ0) is 17.3. The van der Waals surface area contributed by atoms with Crippen LogP contribution in [0.5, 0.6) is 0 Å². The van der Waals surface area contributed by atoms with Gasteiger partial charge in [-0.3, -0.25) is 4.84 Å². The topological polar surface area (TPSA) is 17.4 Å². The normalized spacial score (nSPS) is 31.1. The van der Waals surface area contributed by atoms with Crippen LogP contribution in [-0.4, -0.2) is 15.7 Å². The predicted octanol–water partition coefficient (Wildman–Crippen LogP) is 5.41. The number of nitrogens with zero attached hydrogens (tertiary/aromatic N) is 2. The number of aromatic nitrogens is 1. The average molecular weight is 344 g/mol. The van der Waals surface area contributed by atoms with Gasteiger partial charge in [-0.2, -0.15) is 5.06 Å². The molecule has 3 heteroatoms. The lowest BCUT2D eigenvalue weighted by molar-refractivity contribution is -0.193. The van der Waals surface area contributed by atoms with Crippen molar-refractivity contribution in [1.29, 1.82) is 0 Å². The minimum Gasteiger partial charge on any atom is -0.339 e. The summed E-state index contributed by atoms with van der Waals surface area (Å²) in [5.74, 6) is 0.592. The number of hydrogen-bond donors (Lipinski definition) is 0. The molecule has 1 saturated heterocycles. The highest BCUT2D eigenvalue weighted by Gasteiger charge is 2.56. The molecule has 2 fully saturated rings. The summed E-state index contributed by atoms with van der Waals surface area (Å²) in [6.45, 7) is 2.28. The van der Waals surface area contributed by atoms with E-state index in [-0.39, 0.29) is 6.04 Å². The highest BCUT2D eigenvalue weighted by Crippen LogP contribution is 2.59. The van der Waals surface area contributed by atoms with E-state index in [1.165, 1.54) is 41.4 Å². The van der Waals surface area contributed by atoms with E-state index in [9.17, 15) is 0 Å². The monoisotopic (exact) mass is 344 g/mol. The largest absolute Gasteiger partial charge is 0.339 e. The highest BCUT2D eigenvalue weighted by atomic mass is 16.7. The van der Waals surface area contributed by atoms with E-state index in [0.29, 0.717) is 24.1 Å². The van der Waals surface area contributed by atoms with Gasteiger partial charge in [-0.05, 0) is 49.3 Å². The lowest BCUT2D eigenvalue weighted by Crippen LogP contribution is -2.28. The number of para-hydroxylation sites is 1. The van der Waals surface area contributed by atoms with Crippen LogP contribution in [0.2, 0.25) is 0 Å². The van der Waals surface area contributed by atoms with Crippen LogP contribution in [0, 0.1) is 5.92 Å². The molecule has 3 aromatic rings. The maximum Gasteiger partial charge on any atom is 0.0861 e. The van der Waals surface area contributed by atoms with E-state index >= 15 is 0 Å². The molecule has 5 atom stereocenters. The van der Waals surface area contributed by atoms with Crippen LogP contribution in [-0.2, 0) is 4.84 Å². The average Bonchev–Trinajstić information content (AvgIpc) is 3.34. The molecular formula is C23H24N2O. The summed E-state index contributed by atoms with van der Waals surface area (Å²) >= 11 is 0. The first-order valence-corrected chi connectivity index (χ1v) is 9.93. The Morgan fingerprint density at radius 3 is 2.69 bits per heavy atom. The van der Waals surface area contributed by atoms with Crippen molar-refractivity contribution in [2.24, 2.45) is 5.92 Å². The Hall–Kier alpha value is -2.10. The molecule has 0 bridgehead atoms. The van der Waals surface area contributed by atoms with Gasteiger partial charge in [0.15, 0.2) is 0 Å². The van der Waals surface area contributed by atoms with E-state index in [1.54, 1.807) is 0 Å². The lowest BCUT2D eigenvalue weighted by atomic mass is 9.80. The minimum absolute atomic E-state index is 0.261. The van der Waals surface area contributed by atoms with Gasteiger partial charge in [0, 0.05) is 23.2 Å². The molecule has 0 radical (unpaired) electrons. The van der Waals surface area contributed by atoms with Crippen molar-refractivity contribution in [3.63, 3.8) is 0 Å². The van der Waals surface area contributed by atoms with Crippen molar-refractivity contribution in [3.05, 3.63) is 71.9 Å². The quantitative estimate of drug-likeness (QED) is 0.618. The van der Waals surface area contributed by atoms with Crippen LogP contribution in [0.3, 0.4) is 0 Å². The first-order chi connectivity index (χ1) is 12.8. The van der Waals surface area contributed by atoms with Crippen LogP contribution < -0.4 is 0 Å². The Morgan fingerprint density at radius 2 is 1.81 bits per heavy atom. The molecule has 0 spiro atoms. The number of rotatable bonds is 2. The summed E-state index contributed by atoms with van der Waals surface area (Å²) in [6.07, 6.45) is 4.10. The van der Waals surface area contributed by atoms with Crippen molar-refractivity contribution < 1.29 is 4.84 Å². The van der Waals surface area contributed by atoms with Crippen LogP contribution in [0.25, 0.3) is 10.9 Å². The molecule has 132 valence electrons. The van der Waals surface area contributed by atoms with Crippen molar-refractivity contribution in [2.45, 2.75) is 50.4 Å². The second-order valence-electron chi connectivity index (χ2n) is 8.11. The molecule has 1 saturated carbocycles. The SMILES string of the molecule is C[C@H](c1ccccc1)N1O[C@@H]2CCC[C@H]3[C@@H]2[C@@H]1c1cc2ccccc2n13. The molecule has 6 rings (SSSR count). The van der Waals surface area contributed by atoms with Crippen molar-refractivity contribution >= 4 is 10.9 Å². The van der Waals surface area contributed by atoms with Crippen LogP contribution >= 0.6 is 0 Å². The molecule has 1 aliphatic carbocycles. The second-order valence-corrected chi connectivity index (χ2v) is 8.11. The van der Waals surface area contributed by atoms with Crippen LogP contribution in [0.15, 0.2) is 60.7 Å². The maximum absolute atomic E-state index is 6.59. The number of benzene rings is 2. The Morgan fingerprint density at radius 1 is 1.00 bits per heavy atom. The highest BCUT2D eigenvalue weighted by molar-refractivity contribution is 5.82. The Labute approximate surface area is 154 Å². The first kappa shape index (κ1) is 15.0. The van der Waals surface area contributed by atoms with E-state index in [0.717, 1.165) is 0 Å². The Balaban J connectivity index is 1.50. The fourth-order valence-electron chi connectivity index (χ4n) is 5.72. The van der Waals surface area contributed by atoms with E-state index < -0.39 is 0 Å². The molecule has 26 heavy (non-hydrogen) atoms. The zero-order valence-electron chi connectivity index (χ0n) is 15.1. The van der Waals surface area contributed by atoms with E-state index in [1.807, 2.05) is 0 Å². The summed E-state index contributed by atoms with van der Waals surface area (Å²) in [7, 11) is 0. The van der Waals surface area contributed by atoms with Gasteiger partial charge >= 0.3 is 0 Å². The van der Waals surface area contributed by atoms with Gasteiger partial charge in [0.05, 0.1) is 18.2 Å². The third-order valence-corrected chi connectivity index (χ3v) is 6.83. The molecular weight excluding hydrogens is 320 g/mol. The van der Waals surface area contributed by atoms with Gasteiger partial charge in [0.1, 0.15) is 0 Å². The van der Waals surface area contributed by atoms with E-state index in [2.05, 4.69) is 77.2 Å². The fraction of sp³-hybridized carbons (Fsp3) is 0.391. The Kier molecular flexibility index (Phi) is 3.14. The first-order valence-electron chi connectivity index (χ1n) is 9.93. The number of hydroxylamine groups is 2. The van der Waals surface area contributed by atoms with Gasteiger partial charge in [0.2, 0.25) is 0 Å². The third-order valence-electron chi connectivity index (χ3n) is 6.83. The van der Waals surface area contributed by atoms with E-state index in [4.69, 9.17) is 4.84 Å². The predicted molar refractivity (Wildman–Crippen MR) is 103 cm³/mol. The smallest absolute Gasteiger partial charge is 0.0861 e. The van der Waals surface area contributed by atoms with Crippen molar-refractivity contribution in [2.75, 3.05) is 0 Å². The minimum atomic E-state index is 0.261. The summed E-state index contributed by atoms with van der Waals surface area (Å²) in [5, 5.41) is 3.68. The van der Waals surface area contributed by atoms with Crippen LogP contribution in [0.4, 0.5) is 0 Å². The van der Waals surface area contributed by atoms with Gasteiger partial charge < -0.3 is 4.57 Å². The third kappa shape index (κ3) is 1.90. The summed E-state index contributed by atoms with van der Waals surface area (Å²) in [6, 6.07) is 23.3. The molecule has 0 amide bonds.